The van der Waals surface area contributed by atoms with Crippen LogP contribution >= 0.6 is 0 Å². The number of aromatic carboxylic acids is 1. The molecule has 0 saturated carbocycles. The Labute approximate surface area is 119 Å². The molecule has 6 heteroatoms. The first-order valence-electron chi connectivity index (χ1n) is 5.95. The van der Waals surface area contributed by atoms with Gasteiger partial charge in [-0.1, -0.05) is 6.07 Å². The van der Waals surface area contributed by atoms with E-state index in [0.717, 1.165) is 6.07 Å². The van der Waals surface area contributed by atoms with Gasteiger partial charge in [-0.2, -0.15) is 0 Å². The lowest BCUT2D eigenvalue weighted by Crippen LogP contribution is -2.10. The van der Waals surface area contributed by atoms with Crippen molar-refractivity contribution in [1.29, 1.82) is 0 Å². The summed E-state index contributed by atoms with van der Waals surface area (Å²) in [5.74, 6) is -3.87. The smallest absolute Gasteiger partial charge is 0.340 e. The normalized spacial score (nSPS) is 10.3. The predicted octanol–water partition coefficient (Wildman–Crippen LogP) is 2.04. The first kappa shape index (κ1) is 14.4. The summed E-state index contributed by atoms with van der Waals surface area (Å²) in [7, 11) is 0. The molecule has 2 rings (SSSR count). The highest BCUT2D eigenvalue weighted by Gasteiger charge is 2.25. The molecule has 108 valence electrons. The molecule has 0 bridgehead atoms. The monoisotopic (exact) mass is 288 g/mol. The van der Waals surface area contributed by atoms with Crippen molar-refractivity contribution in [3.63, 3.8) is 0 Å². The number of rotatable bonds is 3. The summed E-state index contributed by atoms with van der Waals surface area (Å²) >= 11 is 0. The van der Waals surface area contributed by atoms with Crippen LogP contribution in [0.25, 0.3) is 0 Å². The van der Waals surface area contributed by atoms with E-state index in [4.69, 9.17) is 5.11 Å². The van der Waals surface area contributed by atoms with Crippen LogP contribution in [0.2, 0.25) is 0 Å². The minimum Gasteiger partial charge on any atom is -0.507 e. The van der Waals surface area contributed by atoms with Gasteiger partial charge in [-0.25, -0.2) is 4.79 Å². The largest absolute Gasteiger partial charge is 0.507 e. The van der Waals surface area contributed by atoms with Gasteiger partial charge in [-0.15, -0.1) is 0 Å². The third kappa shape index (κ3) is 2.51. The molecule has 21 heavy (non-hydrogen) atoms. The van der Waals surface area contributed by atoms with Crippen LogP contribution in [0.15, 0.2) is 30.3 Å². The zero-order valence-corrected chi connectivity index (χ0v) is 11.0. The quantitative estimate of drug-likeness (QED) is 0.642. The van der Waals surface area contributed by atoms with Crippen molar-refractivity contribution in [2.75, 3.05) is 0 Å². The van der Waals surface area contributed by atoms with Gasteiger partial charge in [0.1, 0.15) is 28.4 Å². The molecule has 0 aliphatic carbocycles. The molecule has 2 aromatic rings. The number of carbonyl (C=O) groups excluding carboxylic acids is 1. The van der Waals surface area contributed by atoms with E-state index in [9.17, 15) is 24.9 Å². The minimum absolute atomic E-state index is 0.322. The van der Waals surface area contributed by atoms with E-state index in [1.165, 1.54) is 24.3 Å². The fourth-order valence-corrected chi connectivity index (χ4v) is 2.07. The van der Waals surface area contributed by atoms with Crippen LogP contribution in [0.3, 0.4) is 0 Å². The summed E-state index contributed by atoms with van der Waals surface area (Å²) in [5, 5.41) is 38.3. The van der Waals surface area contributed by atoms with Crippen molar-refractivity contribution in [2.45, 2.75) is 6.92 Å². The number of phenolic OH excluding ortho intramolecular Hbond substituents is 2. The lowest BCUT2D eigenvalue weighted by Gasteiger charge is -2.10. The molecule has 0 aromatic heterocycles. The van der Waals surface area contributed by atoms with Gasteiger partial charge >= 0.3 is 5.97 Å². The molecule has 0 heterocycles. The first-order chi connectivity index (χ1) is 9.82. The molecule has 0 aliphatic rings. The Bertz CT molecular complexity index is 725. The Morgan fingerprint density at radius 1 is 0.905 bits per heavy atom. The number of aryl methyl sites for hydroxylation is 1. The summed E-state index contributed by atoms with van der Waals surface area (Å²) in [6.07, 6.45) is 0. The van der Waals surface area contributed by atoms with Gasteiger partial charge in [0, 0.05) is 5.56 Å². The Balaban J connectivity index is 2.67. The van der Waals surface area contributed by atoms with E-state index in [-0.39, 0.29) is 5.56 Å². The maximum absolute atomic E-state index is 12.4. The van der Waals surface area contributed by atoms with Crippen LogP contribution in [0, 0.1) is 6.92 Å². The van der Waals surface area contributed by atoms with Gasteiger partial charge in [-0.3, -0.25) is 4.79 Å². The molecule has 6 nitrogen and oxygen atoms in total. The number of phenols is 3. The number of hydrogen-bond acceptors (Lipinski definition) is 5. The Hall–Kier alpha value is -3.02. The van der Waals surface area contributed by atoms with Crippen LogP contribution in [0.1, 0.15) is 31.8 Å². The first-order valence-corrected chi connectivity index (χ1v) is 5.95. The SMILES string of the molecule is Cc1cc(O)c(C(=O)c2cccc(O)c2C(=O)O)c(O)c1. The predicted molar refractivity (Wildman–Crippen MR) is 73.0 cm³/mol. The summed E-state index contributed by atoms with van der Waals surface area (Å²) in [5.41, 5.74) is -0.775. The highest BCUT2D eigenvalue weighted by Crippen LogP contribution is 2.33. The van der Waals surface area contributed by atoms with Gasteiger partial charge < -0.3 is 20.4 Å². The van der Waals surface area contributed by atoms with Crippen LogP contribution < -0.4 is 0 Å². The van der Waals surface area contributed by atoms with Gasteiger partial charge in [0.2, 0.25) is 5.78 Å². The molecule has 0 unspecified atom stereocenters. The summed E-state index contributed by atoms with van der Waals surface area (Å²) in [6.45, 7) is 1.62. The molecule has 0 aliphatic heterocycles. The second-order valence-electron chi connectivity index (χ2n) is 4.51. The summed E-state index contributed by atoms with van der Waals surface area (Å²) in [6, 6.07) is 6.18. The number of hydrogen-bond donors (Lipinski definition) is 4. The van der Waals surface area contributed by atoms with E-state index in [1.54, 1.807) is 6.92 Å². The second-order valence-corrected chi connectivity index (χ2v) is 4.51. The van der Waals surface area contributed by atoms with Crippen LogP contribution in [-0.2, 0) is 0 Å². The third-order valence-corrected chi connectivity index (χ3v) is 2.97. The third-order valence-electron chi connectivity index (χ3n) is 2.97. The van der Waals surface area contributed by atoms with Gasteiger partial charge in [0.05, 0.1) is 0 Å². The van der Waals surface area contributed by atoms with Crippen molar-refractivity contribution in [1.82, 2.24) is 0 Å². The van der Waals surface area contributed by atoms with Crippen LogP contribution in [0.5, 0.6) is 17.2 Å². The van der Waals surface area contributed by atoms with Crippen LogP contribution in [0.4, 0.5) is 0 Å². The molecule has 0 radical (unpaired) electrons. The number of carbonyl (C=O) groups is 2. The number of carboxylic acid groups (broad SMARTS) is 1. The number of carboxylic acids is 1. The zero-order valence-electron chi connectivity index (χ0n) is 11.0. The highest BCUT2D eigenvalue weighted by molar-refractivity contribution is 6.17. The molecule has 0 spiro atoms. The minimum atomic E-state index is -1.48. The van der Waals surface area contributed by atoms with Gasteiger partial charge in [0.15, 0.2) is 0 Å². The molecule has 0 fully saturated rings. The topological polar surface area (TPSA) is 115 Å². The molecule has 0 atom stereocenters. The van der Waals surface area contributed by atoms with E-state index >= 15 is 0 Å². The van der Waals surface area contributed by atoms with Crippen molar-refractivity contribution in [3.8, 4) is 17.2 Å². The van der Waals surface area contributed by atoms with Gasteiger partial charge in [-0.05, 0) is 36.8 Å². The average molecular weight is 288 g/mol. The molecule has 4 N–H and O–H groups in total. The zero-order chi connectivity index (χ0) is 15.7. The maximum Gasteiger partial charge on any atom is 0.340 e. The number of ketones is 1. The molecule has 0 saturated heterocycles. The van der Waals surface area contributed by atoms with Crippen molar-refractivity contribution < 1.29 is 30.0 Å². The Kier molecular flexibility index (Phi) is 3.54. The highest BCUT2D eigenvalue weighted by atomic mass is 16.4. The summed E-state index contributed by atoms with van der Waals surface area (Å²) < 4.78 is 0. The standard InChI is InChI=1S/C15H12O6/c1-7-5-10(17)13(11(18)6-7)14(19)8-3-2-4-9(16)12(8)15(20)21/h2-6,16-18H,1H3,(H,20,21). The van der Waals surface area contributed by atoms with E-state index in [1.807, 2.05) is 0 Å². The Morgan fingerprint density at radius 3 is 2.00 bits per heavy atom. The van der Waals surface area contributed by atoms with Crippen molar-refractivity contribution >= 4 is 11.8 Å². The van der Waals surface area contributed by atoms with Crippen LogP contribution in [-0.4, -0.2) is 32.2 Å². The van der Waals surface area contributed by atoms with E-state index in [2.05, 4.69) is 0 Å². The average Bonchev–Trinajstić information content (AvgIpc) is 2.36. The van der Waals surface area contributed by atoms with Crippen molar-refractivity contribution in [2.24, 2.45) is 0 Å². The molecular weight excluding hydrogens is 276 g/mol. The lowest BCUT2D eigenvalue weighted by atomic mass is 9.95. The van der Waals surface area contributed by atoms with Gasteiger partial charge in [0.25, 0.3) is 0 Å². The lowest BCUT2D eigenvalue weighted by molar-refractivity contribution is 0.0689. The number of benzene rings is 2. The summed E-state index contributed by atoms with van der Waals surface area (Å²) in [4.78, 5) is 23.5. The van der Waals surface area contributed by atoms with E-state index < -0.39 is 40.1 Å². The fourth-order valence-electron chi connectivity index (χ4n) is 2.07. The second kappa shape index (κ2) is 5.16. The Morgan fingerprint density at radius 2 is 1.48 bits per heavy atom. The number of aromatic hydroxyl groups is 3. The maximum atomic E-state index is 12.4. The molecule has 2 aromatic carbocycles. The fraction of sp³-hybridized carbons (Fsp3) is 0.0667. The van der Waals surface area contributed by atoms with E-state index in [0.29, 0.717) is 5.56 Å². The van der Waals surface area contributed by atoms with Crippen molar-refractivity contribution in [3.05, 3.63) is 52.6 Å². The molecule has 0 amide bonds. The molecular formula is C15H12O6.